The van der Waals surface area contributed by atoms with Gasteiger partial charge in [0, 0.05) is 22.6 Å². The molecule has 3 aromatic carbocycles. The first-order valence-electron chi connectivity index (χ1n) is 8.67. The second-order valence-corrected chi connectivity index (χ2v) is 6.34. The molecular formula is C22H17F2NO3. The standard InChI is InChI=1S/C22H17F2NO3/c1-13-17-5-3-4-15(22(17)28-25-13)12-27-16-8-6-14(7-9-16)18-10-19(23)20(24)11-21(18)26-2/h3-11H,12H2,1-2H3. The Hall–Kier alpha value is -3.41. The summed E-state index contributed by atoms with van der Waals surface area (Å²) >= 11 is 0. The number of aromatic nitrogens is 1. The van der Waals surface area contributed by atoms with Crippen LogP contribution in [0.5, 0.6) is 11.5 Å². The fraction of sp³-hybridized carbons (Fsp3) is 0.136. The Morgan fingerprint density at radius 2 is 1.75 bits per heavy atom. The third-order valence-electron chi connectivity index (χ3n) is 4.56. The van der Waals surface area contributed by atoms with Crippen molar-refractivity contribution in [2.75, 3.05) is 7.11 Å². The molecule has 0 spiro atoms. The molecule has 0 fully saturated rings. The molecule has 0 aliphatic heterocycles. The van der Waals surface area contributed by atoms with E-state index in [1.54, 1.807) is 24.3 Å². The van der Waals surface area contributed by atoms with Crippen molar-refractivity contribution in [1.82, 2.24) is 5.16 Å². The topological polar surface area (TPSA) is 44.5 Å². The normalized spacial score (nSPS) is 11.0. The lowest BCUT2D eigenvalue weighted by Gasteiger charge is -2.11. The summed E-state index contributed by atoms with van der Waals surface area (Å²) in [6, 6.07) is 15.0. The number of hydrogen-bond acceptors (Lipinski definition) is 4. The van der Waals surface area contributed by atoms with Crippen LogP contribution in [-0.4, -0.2) is 12.3 Å². The van der Waals surface area contributed by atoms with Gasteiger partial charge in [0.2, 0.25) is 0 Å². The minimum absolute atomic E-state index is 0.264. The van der Waals surface area contributed by atoms with E-state index >= 15 is 0 Å². The molecule has 0 amide bonds. The maximum Gasteiger partial charge on any atom is 0.173 e. The Morgan fingerprint density at radius 3 is 2.50 bits per heavy atom. The molecule has 4 rings (SSSR count). The fourth-order valence-corrected chi connectivity index (χ4v) is 3.07. The Bertz CT molecular complexity index is 1140. The van der Waals surface area contributed by atoms with Crippen LogP contribution in [0.1, 0.15) is 11.3 Å². The number of halogens is 2. The van der Waals surface area contributed by atoms with Crippen molar-refractivity contribution >= 4 is 11.0 Å². The second-order valence-electron chi connectivity index (χ2n) is 6.34. The van der Waals surface area contributed by atoms with Crippen LogP contribution in [0.4, 0.5) is 8.78 Å². The van der Waals surface area contributed by atoms with Crippen molar-refractivity contribution in [1.29, 1.82) is 0 Å². The summed E-state index contributed by atoms with van der Waals surface area (Å²) < 4.78 is 43.4. The van der Waals surface area contributed by atoms with Crippen molar-refractivity contribution in [3.8, 4) is 22.6 Å². The molecular weight excluding hydrogens is 364 g/mol. The third kappa shape index (κ3) is 3.29. The molecule has 0 atom stereocenters. The molecule has 4 aromatic rings. The van der Waals surface area contributed by atoms with Gasteiger partial charge in [-0.2, -0.15) is 0 Å². The van der Waals surface area contributed by atoms with Crippen LogP contribution in [0.25, 0.3) is 22.1 Å². The molecule has 1 aromatic heterocycles. The van der Waals surface area contributed by atoms with E-state index in [2.05, 4.69) is 5.16 Å². The second kappa shape index (κ2) is 7.31. The first kappa shape index (κ1) is 18.0. The van der Waals surface area contributed by atoms with E-state index in [0.717, 1.165) is 28.8 Å². The zero-order chi connectivity index (χ0) is 19.7. The average Bonchev–Trinajstić information content (AvgIpc) is 3.10. The number of ether oxygens (including phenoxy) is 2. The summed E-state index contributed by atoms with van der Waals surface area (Å²) in [6.45, 7) is 2.21. The van der Waals surface area contributed by atoms with Crippen LogP contribution in [0.15, 0.2) is 59.1 Å². The molecule has 0 unspecified atom stereocenters. The first-order valence-corrected chi connectivity index (χ1v) is 8.67. The summed E-state index contributed by atoms with van der Waals surface area (Å²) in [7, 11) is 1.42. The van der Waals surface area contributed by atoms with Crippen LogP contribution in [0, 0.1) is 18.6 Å². The van der Waals surface area contributed by atoms with Crippen molar-refractivity contribution in [2.24, 2.45) is 0 Å². The number of aryl methyl sites for hydroxylation is 1. The quantitative estimate of drug-likeness (QED) is 0.447. The lowest BCUT2D eigenvalue weighted by Crippen LogP contribution is -1.96. The smallest absolute Gasteiger partial charge is 0.173 e. The van der Waals surface area contributed by atoms with Crippen LogP contribution in [0.2, 0.25) is 0 Å². The lowest BCUT2D eigenvalue weighted by atomic mass is 10.0. The first-order chi connectivity index (χ1) is 13.6. The van der Waals surface area contributed by atoms with Gasteiger partial charge >= 0.3 is 0 Å². The van der Waals surface area contributed by atoms with Crippen LogP contribution >= 0.6 is 0 Å². The fourth-order valence-electron chi connectivity index (χ4n) is 3.07. The predicted molar refractivity (Wildman–Crippen MR) is 101 cm³/mol. The summed E-state index contributed by atoms with van der Waals surface area (Å²) in [5.74, 6) is -0.970. The van der Waals surface area contributed by atoms with Crippen LogP contribution in [-0.2, 0) is 6.61 Å². The summed E-state index contributed by atoms with van der Waals surface area (Å²) in [4.78, 5) is 0. The van der Waals surface area contributed by atoms with Crippen molar-refractivity contribution in [3.05, 3.63) is 77.5 Å². The minimum Gasteiger partial charge on any atom is -0.496 e. The highest BCUT2D eigenvalue weighted by molar-refractivity contribution is 5.82. The Morgan fingerprint density at radius 1 is 1.00 bits per heavy atom. The number of benzene rings is 3. The monoisotopic (exact) mass is 381 g/mol. The highest BCUT2D eigenvalue weighted by Crippen LogP contribution is 2.33. The highest BCUT2D eigenvalue weighted by atomic mass is 19.2. The van der Waals surface area contributed by atoms with Gasteiger partial charge in [-0.15, -0.1) is 0 Å². The van der Waals surface area contributed by atoms with Crippen molar-refractivity contribution in [3.63, 3.8) is 0 Å². The summed E-state index contributed by atoms with van der Waals surface area (Å²) in [5, 5.41) is 4.95. The largest absolute Gasteiger partial charge is 0.496 e. The minimum atomic E-state index is -0.947. The number of nitrogens with zero attached hydrogens (tertiary/aromatic N) is 1. The lowest BCUT2D eigenvalue weighted by molar-refractivity contribution is 0.304. The van der Waals surface area contributed by atoms with Gasteiger partial charge in [0.05, 0.1) is 12.8 Å². The molecule has 1 heterocycles. The van der Waals surface area contributed by atoms with Crippen molar-refractivity contribution in [2.45, 2.75) is 13.5 Å². The average molecular weight is 381 g/mol. The molecule has 0 saturated carbocycles. The van der Waals surface area contributed by atoms with Gasteiger partial charge in [-0.3, -0.25) is 0 Å². The van der Waals surface area contributed by atoms with E-state index in [9.17, 15) is 8.78 Å². The van der Waals surface area contributed by atoms with E-state index in [1.807, 2.05) is 25.1 Å². The number of methoxy groups -OCH3 is 1. The van der Waals surface area contributed by atoms with Gasteiger partial charge in [0.15, 0.2) is 17.2 Å². The highest BCUT2D eigenvalue weighted by Gasteiger charge is 2.13. The number of fused-ring (bicyclic) bond motifs is 1. The van der Waals surface area contributed by atoms with Gasteiger partial charge in [0.1, 0.15) is 18.1 Å². The molecule has 0 aliphatic carbocycles. The Labute approximate surface area is 160 Å². The third-order valence-corrected chi connectivity index (χ3v) is 4.56. The maximum atomic E-state index is 13.6. The molecule has 0 radical (unpaired) electrons. The molecule has 4 nitrogen and oxygen atoms in total. The zero-order valence-corrected chi connectivity index (χ0v) is 15.3. The zero-order valence-electron chi connectivity index (χ0n) is 15.3. The van der Waals surface area contributed by atoms with E-state index < -0.39 is 11.6 Å². The molecule has 142 valence electrons. The summed E-state index contributed by atoms with van der Waals surface area (Å²) in [6.07, 6.45) is 0. The van der Waals surface area contributed by atoms with Crippen molar-refractivity contribution < 1.29 is 22.8 Å². The molecule has 0 bridgehead atoms. The number of hydrogen-bond donors (Lipinski definition) is 0. The van der Waals surface area contributed by atoms with E-state index in [1.165, 1.54) is 7.11 Å². The van der Waals surface area contributed by atoms with Gasteiger partial charge in [-0.05, 0) is 36.8 Å². The molecule has 0 saturated heterocycles. The Kier molecular flexibility index (Phi) is 4.69. The van der Waals surface area contributed by atoms with Crippen LogP contribution < -0.4 is 9.47 Å². The summed E-state index contributed by atoms with van der Waals surface area (Å²) in [5.41, 5.74) is 3.60. The predicted octanol–water partition coefficient (Wildman–Crippen LogP) is 5.67. The van der Waals surface area contributed by atoms with Gasteiger partial charge in [-0.25, -0.2) is 8.78 Å². The van der Waals surface area contributed by atoms with E-state index in [-0.39, 0.29) is 5.75 Å². The van der Waals surface area contributed by atoms with E-state index in [0.29, 0.717) is 29.1 Å². The number of para-hydroxylation sites is 1. The Balaban J connectivity index is 1.55. The van der Waals surface area contributed by atoms with Gasteiger partial charge in [-0.1, -0.05) is 29.4 Å². The van der Waals surface area contributed by atoms with Gasteiger partial charge in [0.25, 0.3) is 0 Å². The molecule has 0 N–H and O–H groups in total. The molecule has 6 heteroatoms. The van der Waals surface area contributed by atoms with E-state index in [4.69, 9.17) is 14.0 Å². The number of rotatable bonds is 5. The SMILES string of the molecule is COc1cc(F)c(F)cc1-c1ccc(OCc2cccc3c(C)noc23)cc1. The molecule has 28 heavy (non-hydrogen) atoms. The maximum absolute atomic E-state index is 13.6. The molecule has 0 aliphatic rings. The van der Waals surface area contributed by atoms with Gasteiger partial charge < -0.3 is 14.0 Å². The van der Waals surface area contributed by atoms with Crippen LogP contribution in [0.3, 0.4) is 0 Å².